The summed E-state index contributed by atoms with van der Waals surface area (Å²) in [5, 5.41) is 0. The van der Waals surface area contributed by atoms with Crippen LogP contribution >= 0.6 is 0 Å². The summed E-state index contributed by atoms with van der Waals surface area (Å²) in [5.74, 6) is 0.105. The van der Waals surface area contributed by atoms with Gasteiger partial charge in [0.25, 0.3) is 0 Å². The highest BCUT2D eigenvalue weighted by Gasteiger charge is 2.47. The van der Waals surface area contributed by atoms with E-state index in [4.69, 9.17) is 9.47 Å². The van der Waals surface area contributed by atoms with E-state index in [1.165, 1.54) is 25.0 Å². The van der Waals surface area contributed by atoms with Gasteiger partial charge in [0.05, 0.1) is 11.5 Å². The molecule has 1 amide bonds. The van der Waals surface area contributed by atoms with Crippen molar-refractivity contribution >= 4 is 15.9 Å². The van der Waals surface area contributed by atoms with Gasteiger partial charge in [0.15, 0.2) is 21.4 Å². The summed E-state index contributed by atoms with van der Waals surface area (Å²) in [6.07, 6.45) is 9.18. The SMILES string of the molecule is CC1(OC(=O)N2CCC3(CC2)CC(CCCOc2ccc(S(C)(=O)=O)cc2F)C3)CC1. The predicted molar refractivity (Wildman–Crippen MR) is 114 cm³/mol. The summed E-state index contributed by atoms with van der Waals surface area (Å²) >= 11 is 0. The Hall–Kier alpha value is -1.83. The van der Waals surface area contributed by atoms with Gasteiger partial charge in [-0.15, -0.1) is 0 Å². The normalized spacial score (nSPS) is 22.1. The molecule has 3 aliphatic rings. The molecule has 0 aromatic heterocycles. The minimum Gasteiger partial charge on any atom is -0.491 e. The molecule has 6 nitrogen and oxygen atoms in total. The fourth-order valence-electron chi connectivity index (χ4n) is 4.88. The van der Waals surface area contributed by atoms with E-state index in [9.17, 15) is 17.6 Å². The van der Waals surface area contributed by atoms with Gasteiger partial charge in [0, 0.05) is 19.3 Å². The van der Waals surface area contributed by atoms with Gasteiger partial charge in [-0.25, -0.2) is 17.6 Å². The van der Waals surface area contributed by atoms with Gasteiger partial charge < -0.3 is 14.4 Å². The van der Waals surface area contributed by atoms with E-state index in [0.29, 0.717) is 17.9 Å². The molecular formula is C23H32FNO5S. The van der Waals surface area contributed by atoms with Gasteiger partial charge in [-0.1, -0.05) is 0 Å². The first-order valence-corrected chi connectivity index (χ1v) is 13.1. The van der Waals surface area contributed by atoms with Crippen LogP contribution in [0.2, 0.25) is 0 Å². The minimum absolute atomic E-state index is 0.0434. The average Bonchev–Trinajstić information content (AvgIpc) is 3.40. The molecule has 1 heterocycles. The van der Waals surface area contributed by atoms with Crippen LogP contribution in [0.25, 0.3) is 0 Å². The molecular weight excluding hydrogens is 421 g/mol. The summed E-state index contributed by atoms with van der Waals surface area (Å²) in [7, 11) is -3.43. The van der Waals surface area contributed by atoms with E-state index >= 15 is 0 Å². The molecule has 8 heteroatoms. The fraction of sp³-hybridized carbons (Fsp3) is 0.696. The molecule has 1 aliphatic heterocycles. The molecule has 31 heavy (non-hydrogen) atoms. The molecule has 0 unspecified atom stereocenters. The highest BCUT2D eigenvalue weighted by Crippen LogP contribution is 2.54. The van der Waals surface area contributed by atoms with Crippen molar-refractivity contribution in [3.8, 4) is 5.75 Å². The predicted octanol–water partition coefficient (Wildman–Crippen LogP) is 4.57. The van der Waals surface area contributed by atoms with E-state index < -0.39 is 15.7 Å². The second-order valence-corrected chi connectivity index (χ2v) is 12.0. The Morgan fingerprint density at radius 3 is 2.45 bits per heavy atom. The van der Waals surface area contributed by atoms with E-state index in [1.807, 2.05) is 11.8 Å². The van der Waals surface area contributed by atoms with E-state index in [-0.39, 0.29) is 22.3 Å². The molecule has 172 valence electrons. The lowest BCUT2D eigenvalue weighted by atomic mass is 9.56. The summed E-state index contributed by atoms with van der Waals surface area (Å²) < 4.78 is 48.1. The number of rotatable bonds is 7. The highest BCUT2D eigenvalue weighted by atomic mass is 32.2. The first kappa shape index (κ1) is 22.4. The molecule has 2 aliphatic carbocycles. The van der Waals surface area contributed by atoms with Crippen LogP contribution in [0.3, 0.4) is 0 Å². The summed E-state index contributed by atoms with van der Waals surface area (Å²) in [4.78, 5) is 14.1. The van der Waals surface area contributed by atoms with Gasteiger partial charge in [-0.2, -0.15) is 0 Å². The molecule has 1 saturated heterocycles. The molecule has 0 N–H and O–H groups in total. The zero-order chi connectivity index (χ0) is 22.3. The second-order valence-electron chi connectivity index (χ2n) is 9.93. The number of carbonyl (C=O) groups excluding carboxylic acids is 1. The van der Waals surface area contributed by atoms with Crippen LogP contribution in [0.4, 0.5) is 9.18 Å². The quantitative estimate of drug-likeness (QED) is 0.566. The molecule has 0 radical (unpaired) electrons. The average molecular weight is 454 g/mol. The van der Waals surface area contributed by atoms with E-state index in [1.54, 1.807) is 0 Å². The molecule has 0 bridgehead atoms. The van der Waals surface area contributed by atoms with E-state index in [0.717, 1.165) is 63.9 Å². The van der Waals surface area contributed by atoms with Crippen molar-refractivity contribution in [2.24, 2.45) is 11.3 Å². The van der Waals surface area contributed by atoms with Crippen molar-refractivity contribution in [1.82, 2.24) is 4.90 Å². The van der Waals surface area contributed by atoms with Crippen LogP contribution in [0.15, 0.2) is 23.1 Å². The lowest BCUT2D eigenvalue weighted by Gasteiger charge is -2.52. The summed E-state index contributed by atoms with van der Waals surface area (Å²) in [6, 6.07) is 3.76. The number of nitrogens with zero attached hydrogens (tertiary/aromatic N) is 1. The Balaban J connectivity index is 1.13. The summed E-state index contributed by atoms with van der Waals surface area (Å²) in [5.41, 5.74) is 0.161. The molecule has 1 spiro atoms. The fourth-order valence-corrected chi connectivity index (χ4v) is 5.51. The first-order chi connectivity index (χ1) is 14.6. The lowest BCUT2D eigenvalue weighted by molar-refractivity contribution is -0.0231. The van der Waals surface area contributed by atoms with Crippen LogP contribution in [-0.2, 0) is 14.6 Å². The van der Waals surface area contributed by atoms with Crippen molar-refractivity contribution in [1.29, 1.82) is 0 Å². The smallest absolute Gasteiger partial charge is 0.410 e. The minimum atomic E-state index is -3.43. The Bertz CT molecular complexity index is 927. The van der Waals surface area contributed by atoms with Crippen molar-refractivity contribution < 1.29 is 27.1 Å². The Kier molecular flexibility index (Phi) is 5.96. The molecule has 2 saturated carbocycles. The maximum Gasteiger partial charge on any atom is 0.410 e. The van der Waals surface area contributed by atoms with Crippen LogP contribution in [0.1, 0.15) is 58.3 Å². The number of hydrogen-bond donors (Lipinski definition) is 0. The zero-order valence-corrected chi connectivity index (χ0v) is 19.2. The monoisotopic (exact) mass is 453 g/mol. The number of carbonyl (C=O) groups is 1. The van der Waals surface area contributed by atoms with Gasteiger partial charge in [-0.05, 0) is 87.8 Å². The summed E-state index contributed by atoms with van der Waals surface area (Å²) in [6.45, 7) is 3.98. The van der Waals surface area contributed by atoms with Crippen molar-refractivity contribution in [3.63, 3.8) is 0 Å². The molecule has 1 aromatic rings. The number of halogens is 1. The zero-order valence-electron chi connectivity index (χ0n) is 18.4. The number of piperidine rings is 1. The second kappa shape index (κ2) is 8.26. The number of sulfone groups is 1. The third kappa shape index (κ3) is 5.33. The van der Waals surface area contributed by atoms with Gasteiger partial charge in [0.2, 0.25) is 0 Å². The third-order valence-electron chi connectivity index (χ3n) is 7.16. The van der Waals surface area contributed by atoms with Crippen LogP contribution < -0.4 is 4.74 Å². The van der Waals surface area contributed by atoms with Gasteiger partial charge >= 0.3 is 6.09 Å². The number of likely N-dealkylation sites (tertiary alicyclic amines) is 1. The van der Waals surface area contributed by atoms with Crippen LogP contribution in [-0.4, -0.2) is 51.0 Å². The number of amides is 1. The third-order valence-corrected chi connectivity index (χ3v) is 8.27. The van der Waals surface area contributed by atoms with Crippen LogP contribution in [0.5, 0.6) is 5.75 Å². The Morgan fingerprint density at radius 1 is 1.19 bits per heavy atom. The van der Waals surface area contributed by atoms with E-state index in [2.05, 4.69) is 0 Å². The van der Waals surface area contributed by atoms with Crippen molar-refractivity contribution in [2.45, 2.75) is 68.8 Å². The Labute approximate surface area is 184 Å². The first-order valence-electron chi connectivity index (χ1n) is 11.2. The number of ether oxygens (including phenoxy) is 2. The maximum atomic E-state index is 14.0. The van der Waals surface area contributed by atoms with Crippen LogP contribution in [0, 0.1) is 17.2 Å². The van der Waals surface area contributed by atoms with Crippen molar-refractivity contribution in [3.05, 3.63) is 24.0 Å². The number of hydrogen-bond acceptors (Lipinski definition) is 5. The molecule has 1 aromatic carbocycles. The topological polar surface area (TPSA) is 72.9 Å². The standard InChI is InChI=1S/C23H32FNO5S/c1-22(7-8-22)30-21(26)25-11-9-23(10-12-25)15-17(16-23)4-3-13-29-20-6-5-18(14-19(20)24)31(2,27)28/h5-6,14,17H,3-4,7-13,15-16H2,1-2H3. The highest BCUT2D eigenvalue weighted by molar-refractivity contribution is 7.90. The maximum absolute atomic E-state index is 14.0. The van der Waals surface area contributed by atoms with Crippen molar-refractivity contribution in [2.75, 3.05) is 26.0 Å². The molecule has 4 rings (SSSR count). The molecule has 3 fully saturated rings. The lowest BCUT2D eigenvalue weighted by Crippen LogP contribution is -2.49. The largest absolute Gasteiger partial charge is 0.491 e. The van der Waals surface area contributed by atoms with Gasteiger partial charge in [-0.3, -0.25) is 0 Å². The number of benzene rings is 1. The molecule has 0 atom stereocenters. The Morgan fingerprint density at radius 2 is 1.87 bits per heavy atom. The van der Waals surface area contributed by atoms with Gasteiger partial charge in [0.1, 0.15) is 5.60 Å².